The molecule has 6 aliphatic heterocycles. The summed E-state index contributed by atoms with van der Waals surface area (Å²) in [6, 6.07) is 0.850. The predicted molar refractivity (Wildman–Crippen MR) is 351 cm³/mol. The number of benzene rings is 5. The number of nitrogens with two attached hydrogens (primary N) is 1. The second-order valence-electron chi connectivity index (χ2n) is 25.8. The summed E-state index contributed by atoms with van der Waals surface area (Å²) >= 11 is 14.2. The van der Waals surface area contributed by atoms with Crippen molar-refractivity contribution >= 4 is 70.4 Å². The zero-order valence-electron chi connectivity index (χ0n) is 54.7. The summed E-state index contributed by atoms with van der Waals surface area (Å²) in [5.41, 5.74) is 2.49. The number of halogens is 2. The van der Waals surface area contributed by atoms with Gasteiger partial charge in [0.2, 0.25) is 35.3 Å². The Morgan fingerprint density at radius 1 is 0.723 bits per heavy atom. The number of aromatic hydroxyl groups is 3. The Balaban J connectivity index is 1.24. The van der Waals surface area contributed by atoms with Crippen molar-refractivity contribution in [1.82, 2.24) is 37.2 Å². The first-order valence-electron chi connectivity index (χ1n) is 31.8. The van der Waals surface area contributed by atoms with E-state index in [-0.39, 0.29) is 46.1 Å². The van der Waals surface area contributed by atoms with Crippen molar-refractivity contribution in [3.63, 3.8) is 0 Å². The molecule has 0 aromatic heterocycles. The van der Waals surface area contributed by atoms with E-state index in [1.165, 1.54) is 39.1 Å². The lowest BCUT2D eigenvalue weighted by Gasteiger charge is -2.47. The molecule has 1 unspecified atom stereocenters. The molecule has 19 N–H and O–H groups in total. The summed E-state index contributed by atoms with van der Waals surface area (Å²) in [4.78, 5) is 117. The maximum atomic E-state index is 16.1. The Labute approximate surface area is 585 Å². The fraction of sp³-hybridized carbons (Fsp3) is 0.433. The highest BCUT2D eigenvalue weighted by molar-refractivity contribution is 6.32. The van der Waals surface area contributed by atoms with Gasteiger partial charge in [0.15, 0.2) is 30.1 Å². The molecular formula is C67H76Cl2N8O24. The molecule has 1 saturated carbocycles. The van der Waals surface area contributed by atoms with Crippen LogP contribution in [0, 0.1) is 5.92 Å². The van der Waals surface area contributed by atoms with Crippen molar-refractivity contribution in [2.45, 2.75) is 163 Å². The van der Waals surface area contributed by atoms with Gasteiger partial charge in [0.1, 0.15) is 95.3 Å². The minimum Gasteiger partial charge on any atom is -0.508 e. The number of amides is 6. The fourth-order valence-corrected chi connectivity index (χ4v) is 13.2. The van der Waals surface area contributed by atoms with Gasteiger partial charge in [-0.15, -0.1) is 0 Å². The maximum Gasteiger partial charge on any atom is 0.330 e. The summed E-state index contributed by atoms with van der Waals surface area (Å²) < 4.78 is 38.4. The van der Waals surface area contributed by atoms with Gasteiger partial charge in [-0.1, -0.05) is 41.4 Å². The smallest absolute Gasteiger partial charge is 0.330 e. The monoisotopic (exact) mass is 1450 g/mol. The topological polar surface area (TPSA) is 504 Å². The van der Waals surface area contributed by atoms with Crippen LogP contribution in [0.1, 0.15) is 112 Å². The Hall–Kier alpha value is -9.00. The number of aliphatic carboxylic acids is 1. The number of fused-ring (bicyclic) bond motifs is 15. The van der Waals surface area contributed by atoms with Crippen LogP contribution in [0.2, 0.25) is 10.0 Å². The second kappa shape index (κ2) is 30.3. The summed E-state index contributed by atoms with van der Waals surface area (Å²) in [7, 11) is 1.37. The van der Waals surface area contributed by atoms with Gasteiger partial charge in [0.05, 0.1) is 34.5 Å². The van der Waals surface area contributed by atoms with Crippen LogP contribution in [0.3, 0.4) is 0 Å². The Morgan fingerprint density at radius 2 is 1.33 bits per heavy atom. The zero-order chi connectivity index (χ0) is 73.5. The van der Waals surface area contributed by atoms with Gasteiger partial charge in [-0.2, -0.15) is 0 Å². The molecule has 2 fully saturated rings. The zero-order valence-corrected chi connectivity index (χ0v) is 56.3. The van der Waals surface area contributed by atoms with Crippen LogP contribution in [0.5, 0.6) is 46.0 Å². The molecule has 5 aromatic rings. The van der Waals surface area contributed by atoms with E-state index >= 15 is 14.4 Å². The summed E-state index contributed by atoms with van der Waals surface area (Å²) in [5.74, 6) is -16.2. The van der Waals surface area contributed by atoms with E-state index in [2.05, 4.69) is 37.2 Å². The van der Waals surface area contributed by atoms with Crippen LogP contribution in [-0.4, -0.2) is 191 Å². The van der Waals surface area contributed by atoms with Crippen molar-refractivity contribution in [2.75, 3.05) is 13.7 Å². The number of aliphatic hydroxyl groups is 6. The number of likely N-dealkylation sites (N-methyl/N-ethyl adjacent to an activating group) is 1. The van der Waals surface area contributed by atoms with E-state index in [0.717, 1.165) is 67.6 Å². The highest BCUT2D eigenvalue weighted by Gasteiger charge is 2.51. The minimum absolute atomic E-state index is 0.158. The Morgan fingerprint density at radius 3 is 1.91 bits per heavy atom. The van der Waals surface area contributed by atoms with Crippen LogP contribution in [-0.2, 0) is 52.6 Å². The number of carbonyl (C=O) groups is 8. The standard InChI is InChI=1S/C67H76Cl2N8O24/c1-24(2)96-65(71-6)64(93)77-50-52(83)28-8-11-40(35(68)15-28)98-42-17-30-18-43(56(42)100-44-19-31(23-78)54(85)55(86)57(44)101-45-22-67(5,70)58(87)26(4)97-45)99-41-12-9-29(16-36(41)69)53(84)51-63(92)75-49(66(94)95)34-20-32(80)21-39(82)46(34)33-14-27(7-10-38(33)81)47(60(89)76-51)74-61(90)48(30)73-59(88)37(13-25(3)79)72-62(50)91/h7-12,14-18,20-21,24,26,31,37,44-45,47-55,57-58,65,71,78,80-87H,13,19,22-23,70H2,1-6H3,(H,72,91)(H,73,88)(H,74,90)(H,75,92)(H,76,89)(H,77,93)(H,94,95)/t26-,31+,37-,44+,45-,47+,48+,49-,50+,51?,52+,53+,54+,55-,57-,58+,65+,67-/m0/s1. The van der Waals surface area contributed by atoms with Gasteiger partial charge in [-0.25, -0.2) is 4.79 Å². The number of Topliss-reactive ketones (excluding diaryl/α,β-unsaturated/α-hetero) is 1. The summed E-state index contributed by atoms with van der Waals surface area (Å²) in [5, 5.41) is 131. The third-order valence-electron chi connectivity index (χ3n) is 17.9. The van der Waals surface area contributed by atoms with E-state index in [1.807, 2.05) is 0 Å². The van der Waals surface area contributed by atoms with Gasteiger partial charge in [-0.3, -0.25) is 38.9 Å². The number of ketones is 1. The van der Waals surface area contributed by atoms with Crippen LogP contribution < -0.4 is 57.2 Å². The van der Waals surface area contributed by atoms with E-state index < -0.39 is 237 Å². The molecule has 6 amide bonds. The molecule has 542 valence electrons. The number of phenolic OH excluding ortho intramolecular Hbond substituents is 3. The third kappa shape index (κ3) is 15.9. The minimum atomic E-state index is -2.29. The molecule has 0 radical (unpaired) electrons. The highest BCUT2D eigenvalue weighted by Crippen LogP contribution is 2.50. The number of hydrogen-bond acceptors (Lipinski definition) is 25. The van der Waals surface area contributed by atoms with Crippen LogP contribution >= 0.6 is 23.2 Å². The molecule has 6 heterocycles. The number of aliphatic hydroxyl groups excluding tert-OH is 6. The molecule has 32 nitrogen and oxygen atoms in total. The van der Waals surface area contributed by atoms with Crippen LogP contribution in [0.15, 0.2) is 78.9 Å². The maximum absolute atomic E-state index is 16.1. The molecule has 1 saturated heterocycles. The highest BCUT2D eigenvalue weighted by atomic mass is 35.5. The van der Waals surface area contributed by atoms with Gasteiger partial charge < -0.3 is 117 Å². The first-order valence-corrected chi connectivity index (χ1v) is 32.6. The van der Waals surface area contributed by atoms with Gasteiger partial charge in [0, 0.05) is 53.7 Å². The Bertz CT molecular complexity index is 4070. The van der Waals surface area contributed by atoms with Crippen LogP contribution in [0.4, 0.5) is 0 Å². The molecule has 1 aliphatic carbocycles. The van der Waals surface area contributed by atoms with Gasteiger partial charge in [0.25, 0.3) is 5.91 Å². The molecule has 12 rings (SSSR count). The van der Waals surface area contributed by atoms with Crippen molar-refractivity contribution in [1.29, 1.82) is 0 Å². The second-order valence-corrected chi connectivity index (χ2v) is 26.6. The number of rotatable bonds is 13. The predicted octanol–water partition coefficient (Wildman–Crippen LogP) is 1.21. The van der Waals surface area contributed by atoms with E-state index in [4.69, 9.17) is 57.4 Å². The summed E-state index contributed by atoms with van der Waals surface area (Å²) in [6.45, 7) is 6.59. The number of carbonyl (C=O) groups excluding carboxylic acids is 7. The average Bonchev–Trinajstić information content (AvgIpc) is 0.775. The van der Waals surface area contributed by atoms with Crippen molar-refractivity contribution in [3.05, 3.63) is 117 Å². The number of hydrogen-bond donors (Lipinski definition) is 18. The molecule has 18 atom stereocenters. The molecule has 101 heavy (non-hydrogen) atoms. The SMILES string of the molecule is CN[C@H](OC(C)C)C(=O)N[C@H]1C(=O)N[C@@H](CC(C)=O)C(=O)N[C@H]2C(=O)N[C@H]3C(=O)NC(C(=O)N[C@H](C(=O)O)c4cc(O)cc(O)c4-c4cc3ccc4O)[C@H](O)c3ccc(c(Cl)c3)Oc3cc2cc(c3O[C@@H]2C[C@H](CO)[C@@H](O)[C@H](O)[C@H]2O[C@H]2C[C@](C)(N)[C@H](O)[C@H](C)O2)Oc2ccc(cc2Cl)[C@H]1O. The first-order chi connectivity index (χ1) is 47.7. The molecule has 11 bridgehead atoms. The van der Waals surface area contributed by atoms with Gasteiger partial charge in [-0.05, 0) is 125 Å². The number of carboxylic acids is 1. The Kier molecular flexibility index (Phi) is 22.4. The van der Waals surface area contributed by atoms with Crippen molar-refractivity contribution < 1.29 is 118 Å². The normalized spacial score (nSPS) is 29.4. The molecule has 5 aromatic carbocycles. The van der Waals surface area contributed by atoms with Crippen molar-refractivity contribution in [2.24, 2.45) is 11.7 Å². The van der Waals surface area contributed by atoms with E-state index in [1.54, 1.807) is 13.8 Å². The number of nitrogens with one attached hydrogen (secondary N) is 7. The average molecular weight is 1450 g/mol. The summed E-state index contributed by atoms with van der Waals surface area (Å²) in [6.07, 6.45) is -18.0. The quantitative estimate of drug-likeness (QED) is 0.0737. The van der Waals surface area contributed by atoms with Crippen LogP contribution in [0.25, 0.3) is 11.1 Å². The number of carboxylic acid groups (broad SMARTS) is 1. The third-order valence-corrected chi connectivity index (χ3v) is 18.5. The fourth-order valence-electron chi connectivity index (χ4n) is 12.7. The lowest BCUT2D eigenvalue weighted by atomic mass is 9.80. The molecule has 34 heteroatoms. The first kappa shape index (κ1) is 74.7. The lowest BCUT2D eigenvalue weighted by Crippen LogP contribution is -2.63. The number of phenols is 3. The largest absolute Gasteiger partial charge is 0.508 e. The van der Waals surface area contributed by atoms with E-state index in [0.29, 0.717) is 0 Å². The van der Waals surface area contributed by atoms with E-state index in [9.17, 15) is 75.0 Å². The lowest BCUT2D eigenvalue weighted by molar-refractivity contribution is -0.286. The molecule has 7 aliphatic rings. The van der Waals surface area contributed by atoms with Crippen molar-refractivity contribution in [3.8, 4) is 57.1 Å². The molecule has 0 spiro atoms. The molecular weight excluding hydrogens is 1370 g/mol. The van der Waals surface area contributed by atoms with Gasteiger partial charge >= 0.3 is 5.97 Å². The number of ether oxygens (including phenoxy) is 6.